The Morgan fingerprint density at radius 1 is 1.13 bits per heavy atom. The molecular formula is C32H36FN7O6. The number of esters is 1. The van der Waals surface area contributed by atoms with E-state index in [4.69, 9.17) is 5.10 Å². The summed E-state index contributed by atoms with van der Waals surface area (Å²) in [4.78, 5) is 63.3. The van der Waals surface area contributed by atoms with Crippen molar-refractivity contribution in [1.29, 1.82) is 0 Å². The molecule has 1 saturated heterocycles. The number of nitrogens with one attached hydrogen (secondary N) is 1. The first-order valence-corrected chi connectivity index (χ1v) is 15.0. The van der Waals surface area contributed by atoms with E-state index in [0.29, 0.717) is 59.0 Å². The monoisotopic (exact) mass is 633 g/mol. The van der Waals surface area contributed by atoms with Crippen molar-refractivity contribution in [3.8, 4) is 11.1 Å². The SMILES string of the molecule is COC(=O)CNC(=O)CN(C)C(=O)Cn1nc(C2CCN(C(=O)CCC=O)CC2)c2c(-c3cc4c(cnn4C)cc3F)cccc21. The number of aldehydes is 1. The maximum Gasteiger partial charge on any atom is 0.325 e. The highest BCUT2D eigenvalue weighted by Crippen LogP contribution is 2.40. The second-order valence-electron chi connectivity index (χ2n) is 11.4. The molecule has 1 aliphatic heterocycles. The Balaban J connectivity index is 1.49. The van der Waals surface area contributed by atoms with Gasteiger partial charge in [0.25, 0.3) is 0 Å². The van der Waals surface area contributed by atoms with Crippen molar-refractivity contribution in [1.82, 2.24) is 34.7 Å². The first-order valence-electron chi connectivity index (χ1n) is 15.0. The Bertz CT molecular complexity index is 1810. The quantitative estimate of drug-likeness (QED) is 0.195. The minimum Gasteiger partial charge on any atom is -0.468 e. The predicted molar refractivity (Wildman–Crippen MR) is 166 cm³/mol. The van der Waals surface area contributed by atoms with Crippen LogP contribution in [0, 0.1) is 5.82 Å². The van der Waals surface area contributed by atoms with Gasteiger partial charge in [0.15, 0.2) is 0 Å². The van der Waals surface area contributed by atoms with Gasteiger partial charge in [-0.1, -0.05) is 12.1 Å². The Labute approximate surface area is 264 Å². The van der Waals surface area contributed by atoms with Crippen LogP contribution in [0.15, 0.2) is 36.5 Å². The summed E-state index contributed by atoms with van der Waals surface area (Å²) in [5.41, 5.74) is 3.06. The van der Waals surface area contributed by atoms with E-state index in [2.05, 4.69) is 15.2 Å². The third-order valence-corrected chi connectivity index (χ3v) is 8.39. The molecule has 4 aromatic rings. The summed E-state index contributed by atoms with van der Waals surface area (Å²) in [5.74, 6) is -2.10. The van der Waals surface area contributed by atoms with Gasteiger partial charge in [0.05, 0.1) is 36.6 Å². The molecule has 0 atom stereocenters. The van der Waals surface area contributed by atoms with Crippen molar-refractivity contribution in [3.63, 3.8) is 0 Å². The first-order chi connectivity index (χ1) is 22.1. The molecule has 13 nitrogen and oxygen atoms in total. The lowest BCUT2D eigenvalue weighted by Gasteiger charge is -2.31. The third kappa shape index (κ3) is 6.75. The molecule has 3 amide bonds. The number of nitrogens with zero attached hydrogens (tertiary/aromatic N) is 6. The van der Waals surface area contributed by atoms with Gasteiger partial charge in [-0.3, -0.25) is 28.5 Å². The second kappa shape index (κ2) is 13.9. The molecule has 2 aromatic heterocycles. The number of amides is 3. The number of methoxy groups -OCH3 is 1. The Hall–Kier alpha value is -5.14. The van der Waals surface area contributed by atoms with E-state index in [-0.39, 0.29) is 44.3 Å². The molecule has 0 saturated carbocycles. The molecule has 0 unspecified atom stereocenters. The maximum absolute atomic E-state index is 15.7. The highest BCUT2D eigenvalue weighted by Gasteiger charge is 2.29. The lowest BCUT2D eigenvalue weighted by molar-refractivity contribution is -0.141. The zero-order chi connectivity index (χ0) is 33.0. The largest absolute Gasteiger partial charge is 0.468 e. The van der Waals surface area contributed by atoms with Gasteiger partial charge in [-0.15, -0.1) is 0 Å². The predicted octanol–water partition coefficient (Wildman–Crippen LogP) is 2.16. The first kappa shape index (κ1) is 32.3. The van der Waals surface area contributed by atoms with Crippen LogP contribution < -0.4 is 5.32 Å². The van der Waals surface area contributed by atoms with E-state index in [1.54, 1.807) is 39.6 Å². The van der Waals surface area contributed by atoms with Crippen LogP contribution in [-0.4, -0.2) is 99.7 Å². The second-order valence-corrected chi connectivity index (χ2v) is 11.4. The van der Waals surface area contributed by atoms with Crippen LogP contribution in [0.5, 0.6) is 0 Å². The fourth-order valence-electron chi connectivity index (χ4n) is 5.86. The van der Waals surface area contributed by atoms with E-state index in [0.717, 1.165) is 11.8 Å². The van der Waals surface area contributed by atoms with Gasteiger partial charge < -0.3 is 24.6 Å². The number of hydrogen-bond acceptors (Lipinski definition) is 8. The summed E-state index contributed by atoms with van der Waals surface area (Å²) in [7, 11) is 4.48. The van der Waals surface area contributed by atoms with E-state index in [1.807, 2.05) is 12.1 Å². The molecule has 1 N–H and O–H groups in total. The Morgan fingerprint density at radius 2 is 1.89 bits per heavy atom. The maximum atomic E-state index is 15.7. The van der Waals surface area contributed by atoms with Gasteiger partial charge in [0.2, 0.25) is 17.7 Å². The Morgan fingerprint density at radius 3 is 2.61 bits per heavy atom. The molecule has 0 spiro atoms. The molecule has 0 aliphatic carbocycles. The normalized spacial score (nSPS) is 13.6. The van der Waals surface area contributed by atoms with Crippen LogP contribution in [0.25, 0.3) is 32.9 Å². The van der Waals surface area contributed by atoms with Gasteiger partial charge in [-0.2, -0.15) is 10.2 Å². The lowest BCUT2D eigenvalue weighted by Crippen LogP contribution is -2.41. The Kier molecular flexibility index (Phi) is 9.73. The number of carbonyl (C=O) groups is 5. The number of fused-ring (bicyclic) bond motifs is 2. The van der Waals surface area contributed by atoms with Crippen molar-refractivity contribution in [2.24, 2.45) is 7.05 Å². The standard InChI is InChI=1S/C32H36FN7O6/c1-37(18-27(42)34-17-30(45)46-3)29(44)19-40-25-7-4-6-22(23-15-26-21(14-24(23)33)16-35-38(26)2)31(25)32(36-40)20-9-11-39(12-10-20)28(43)8-5-13-41/h4,6-7,13-16,20H,5,8-12,17-19H2,1-3H3,(H,34,42). The summed E-state index contributed by atoms with van der Waals surface area (Å²) in [6.07, 6.45) is 3.89. The van der Waals surface area contributed by atoms with Crippen molar-refractivity contribution < 1.29 is 33.1 Å². The van der Waals surface area contributed by atoms with E-state index in [1.165, 1.54) is 25.1 Å². The van der Waals surface area contributed by atoms with Crippen LogP contribution in [0.3, 0.4) is 0 Å². The zero-order valence-corrected chi connectivity index (χ0v) is 26.0. The average Bonchev–Trinajstić information content (AvgIpc) is 3.61. The number of likely N-dealkylation sites (tertiary alicyclic amines) is 1. The van der Waals surface area contributed by atoms with Crippen molar-refractivity contribution in [2.75, 3.05) is 40.3 Å². The topological polar surface area (TPSA) is 149 Å². The number of hydrogen-bond donors (Lipinski definition) is 1. The molecule has 14 heteroatoms. The fraction of sp³-hybridized carbons (Fsp3) is 0.406. The molecule has 46 heavy (non-hydrogen) atoms. The molecular weight excluding hydrogens is 597 g/mol. The number of benzene rings is 2. The summed E-state index contributed by atoms with van der Waals surface area (Å²) in [5, 5.41) is 12.9. The molecule has 3 heterocycles. The number of aryl methyl sites for hydroxylation is 1. The van der Waals surface area contributed by atoms with Crippen molar-refractivity contribution >= 4 is 51.8 Å². The highest BCUT2D eigenvalue weighted by atomic mass is 19.1. The summed E-state index contributed by atoms with van der Waals surface area (Å²) in [6, 6.07) is 8.65. The average molecular weight is 634 g/mol. The number of ether oxygens (including phenoxy) is 1. The number of halogens is 1. The van der Waals surface area contributed by atoms with E-state index >= 15 is 4.39 Å². The summed E-state index contributed by atoms with van der Waals surface area (Å²) in [6.45, 7) is 0.190. The summed E-state index contributed by atoms with van der Waals surface area (Å²) < 4.78 is 23.4. The molecule has 0 bridgehead atoms. The van der Waals surface area contributed by atoms with Crippen molar-refractivity contribution in [3.05, 3.63) is 48.0 Å². The summed E-state index contributed by atoms with van der Waals surface area (Å²) >= 11 is 0. The lowest BCUT2D eigenvalue weighted by atomic mass is 9.88. The highest BCUT2D eigenvalue weighted by molar-refractivity contribution is 6.00. The minimum absolute atomic E-state index is 0.0718. The van der Waals surface area contributed by atoms with Crippen LogP contribution in [0.2, 0.25) is 0 Å². The third-order valence-electron chi connectivity index (χ3n) is 8.39. The number of aromatic nitrogens is 4. The van der Waals surface area contributed by atoms with Gasteiger partial charge in [-0.25, -0.2) is 4.39 Å². The van der Waals surface area contributed by atoms with Gasteiger partial charge >= 0.3 is 5.97 Å². The number of likely N-dealkylation sites (N-methyl/N-ethyl adjacent to an activating group) is 1. The number of rotatable bonds is 11. The van der Waals surface area contributed by atoms with Gasteiger partial charge in [0.1, 0.15) is 25.2 Å². The number of piperidine rings is 1. The van der Waals surface area contributed by atoms with Gasteiger partial charge in [-0.05, 0) is 36.6 Å². The molecule has 0 radical (unpaired) electrons. The van der Waals surface area contributed by atoms with E-state index < -0.39 is 23.6 Å². The van der Waals surface area contributed by atoms with Crippen LogP contribution in [0.4, 0.5) is 4.39 Å². The van der Waals surface area contributed by atoms with Crippen LogP contribution >= 0.6 is 0 Å². The smallest absolute Gasteiger partial charge is 0.325 e. The fourth-order valence-corrected chi connectivity index (χ4v) is 5.86. The molecule has 242 valence electrons. The number of carbonyl (C=O) groups excluding carboxylic acids is 5. The minimum atomic E-state index is -0.608. The molecule has 5 rings (SSSR count). The van der Waals surface area contributed by atoms with Crippen LogP contribution in [-0.2, 0) is 42.3 Å². The molecule has 2 aromatic carbocycles. The van der Waals surface area contributed by atoms with Crippen LogP contribution in [0.1, 0.15) is 37.3 Å². The zero-order valence-electron chi connectivity index (χ0n) is 26.0. The molecule has 1 aliphatic rings. The van der Waals surface area contributed by atoms with E-state index in [9.17, 15) is 24.0 Å². The van der Waals surface area contributed by atoms with Crippen molar-refractivity contribution in [2.45, 2.75) is 38.1 Å². The van der Waals surface area contributed by atoms with Gasteiger partial charge in [0, 0.05) is 62.3 Å². The molecule has 1 fully saturated rings.